The third kappa shape index (κ3) is 4.99. The molecular weight excluding hydrogens is 348 g/mol. The Morgan fingerprint density at radius 3 is 2.92 bits per heavy atom. The van der Waals surface area contributed by atoms with E-state index in [1.165, 1.54) is 5.56 Å². The van der Waals surface area contributed by atoms with Crippen molar-refractivity contribution in [2.75, 3.05) is 20.2 Å². The fraction of sp³-hybridized carbons (Fsp3) is 0.381. The van der Waals surface area contributed by atoms with Crippen molar-refractivity contribution < 1.29 is 9.53 Å². The van der Waals surface area contributed by atoms with Gasteiger partial charge < -0.3 is 10.1 Å². The number of carbonyl (C=O) groups excluding carboxylic acids is 1. The molecule has 26 heavy (non-hydrogen) atoms. The molecule has 1 aliphatic heterocycles. The maximum Gasteiger partial charge on any atom is 0.224 e. The van der Waals surface area contributed by atoms with Crippen LogP contribution in [0.1, 0.15) is 24.0 Å². The number of amides is 1. The van der Waals surface area contributed by atoms with Crippen molar-refractivity contribution in [1.82, 2.24) is 10.2 Å². The molecule has 0 saturated carbocycles. The number of para-hydroxylation sites is 1. The number of rotatable bonds is 6. The average molecular weight is 373 g/mol. The first-order valence-corrected chi connectivity index (χ1v) is 9.40. The molecule has 1 N–H and O–H groups in total. The Balaban J connectivity index is 1.54. The van der Waals surface area contributed by atoms with Crippen molar-refractivity contribution in [2.24, 2.45) is 5.92 Å². The van der Waals surface area contributed by atoms with E-state index in [9.17, 15) is 4.79 Å². The van der Waals surface area contributed by atoms with Gasteiger partial charge in [0, 0.05) is 30.2 Å². The highest BCUT2D eigenvalue weighted by Crippen LogP contribution is 2.21. The van der Waals surface area contributed by atoms with Gasteiger partial charge in [-0.3, -0.25) is 9.69 Å². The van der Waals surface area contributed by atoms with Crippen molar-refractivity contribution in [1.29, 1.82) is 0 Å². The van der Waals surface area contributed by atoms with Gasteiger partial charge in [0.1, 0.15) is 5.75 Å². The van der Waals surface area contributed by atoms with Crippen molar-refractivity contribution in [3.8, 4) is 5.75 Å². The van der Waals surface area contributed by atoms with Gasteiger partial charge in [0.2, 0.25) is 5.91 Å². The maximum atomic E-state index is 12.6. The molecule has 5 heteroatoms. The molecule has 1 atom stereocenters. The second kappa shape index (κ2) is 9.06. The van der Waals surface area contributed by atoms with E-state index in [-0.39, 0.29) is 11.8 Å². The van der Waals surface area contributed by atoms with Crippen molar-refractivity contribution >= 4 is 17.5 Å². The molecule has 0 radical (unpaired) electrons. The minimum Gasteiger partial charge on any atom is -0.496 e. The zero-order chi connectivity index (χ0) is 18.4. The largest absolute Gasteiger partial charge is 0.496 e. The fourth-order valence-corrected chi connectivity index (χ4v) is 3.70. The van der Waals surface area contributed by atoms with Crippen LogP contribution in [0.2, 0.25) is 5.02 Å². The molecule has 1 amide bonds. The summed E-state index contributed by atoms with van der Waals surface area (Å²) in [6.45, 7) is 3.12. The number of hydrogen-bond donors (Lipinski definition) is 1. The normalized spacial score (nSPS) is 17.7. The minimum absolute atomic E-state index is 0.0256. The molecule has 138 valence electrons. The van der Waals surface area contributed by atoms with Gasteiger partial charge in [-0.1, -0.05) is 41.9 Å². The van der Waals surface area contributed by atoms with E-state index in [1.807, 2.05) is 42.5 Å². The van der Waals surface area contributed by atoms with Crippen LogP contribution < -0.4 is 10.1 Å². The number of carbonyl (C=O) groups is 1. The van der Waals surface area contributed by atoms with Crippen LogP contribution in [0.25, 0.3) is 0 Å². The van der Waals surface area contributed by atoms with E-state index in [4.69, 9.17) is 16.3 Å². The SMILES string of the molecule is COc1ccccc1CNC(=O)C1CCCN(Cc2cccc(Cl)c2)C1. The summed E-state index contributed by atoms with van der Waals surface area (Å²) in [4.78, 5) is 15.0. The molecule has 0 aromatic heterocycles. The van der Waals surface area contributed by atoms with Crippen LogP contribution in [-0.4, -0.2) is 31.0 Å². The first kappa shape index (κ1) is 18.7. The van der Waals surface area contributed by atoms with Crippen LogP contribution in [0.4, 0.5) is 0 Å². The van der Waals surface area contributed by atoms with Gasteiger partial charge in [-0.2, -0.15) is 0 Å². The summed E-state index contributed by atoms with van der Waals surface area (Å²) in [6, 6.07) is 15.7. The van der Waals surface area contributed by atoms with E-state index in [0.717, 1.165) is 48.8 Å². The smallest absolute Gasteiger partial charge is 0.224 e. The second-order valence-electron chi connectivity index (χ2n) is 6.73. The highest BCUT2D eigenvalue weighted by molar-refractivity contribution is 6.30. The van der Waals surface area contributed by atoms with Crippen molar-refractivity contribution in [3.63, 3.8) is 0 Å². The Hall–Kier alpha value is -2.04. The molecule has 0 bridgehead atoms. The Bertz CT molecular complexity index is 750. The molecule has 1 fully saturated rings. The highest BCUT2D eigenvalue weighted by Gasteiger charge is 2.25. The lowest BCUT2D eigenvalue weighted by molar-refractivity contribution is -0.126. The lowest BCUT2D eigenvalue weighted by Crippen LogP contribution is -2.42. The van der Waals surface area contributed by atoms with E-state index < -0.39 is 0 Å². The predicted molar refractivity (Wildman–Crippen MR) is 104 cm³/mol. The van der Waals surface area contributed by atoms with Gasteiger partial charge >= 0.3 is 0 Å². The summed E-state index contributed by atoms with van der Waals surface area (Å²) in [7, 11) is 1.65. The summed E-state index contributed by atoms with van der Waals surface area (Å²) < 4.78 is 5.35. The molecular formula is C21H25ClN2O2. The lowest BCUT2D eigenvalue weighted by Gasteiger charge is -2.32. The zero-order valence-electron chi connectivity index (χ0n) is 15.1. The van der Waals surface area contributed by atoms with Crippen LogP contribution in [0.15, 0.2) is 48.5 Å². The number of likely N-dealkylation sites (tertiary alicyclic amines) is 1. The molecule has 0 spiro atoms. The molecule has 0 aliphatic carbocycles. The molecule has 4 nitrogen and oxygen atoms in total. The summed E-state index contributed by atoms with van der Waals surface area (Å²) in [5, 5.41) is 3.83. The Labute approximate surface area is 160 Å². The molecule has 1 heterocycles. The number of nitrogens with zero attached hydrogens (tertiary/aromatic N) is 1. The van der Waals surface area contributed by atoms with Gasteiger partial charge in [-0.15, -0.1) is 0 Å². The van der Waals surface area contributed by atoms with Crippen LogP contribution in [0.3, 0.4) is 0 Å². The summed E-state index contributed by atoms with van der Waals surface area (Å²) in [5.41, 5.74) is 2.18. The van der Waals surface area contributed by atoms with Crippen LogP contribution in [-0.2, 0) is 17.9 Å². The average Bonchev–Trinajstić information content (AvgIpc) is 2.66. The highest BCUT2D eigenvalue weighted by atomic mass is 35.5. The summed E-state index contributed by atoms with van der Waals surface area (Å²) >= 11 is 6.07. The van der Waals surface area contributed by atoms with E-state index in [1.54, 1.807) is 7.11 Å². The van der Waals surface area contributed by atoms with Gasteiger partial charge in [0.05, 0.1) is 13.0 Å². The number of hydrogen-bond acceptors (Lipinski definition) is 3. The number of ether oxygens (including phenoxy) is 1. The molecule has 1 saturated heterocycles. The first-order chi connectivity index (χ1) is 12.7. The summed E-state index contributed by atoms with van der Waals surface area (Å²) in [5.74, 6) is 0.948. The van der Waals surface area contributed by atoms with Gasteiger partial charge in [-0.05, 0) is 43.1 Å². The van der Waals surface area contributed by atoms with E-state index in [2.05, 4.69) is 16.3 Å². The molecule has 1 aliphatic rings. The monoisotopic (exact) mass is 372 g/mol. The predicted octanol–water partition coefficient (Wildman–Crippen LogP) is 3.88. The number of benzene rings is 2. The number of halogens is 1. The van der Waals surface area contributed by atoms with Crippen molar-refractivity contribution in [3.05, 3.63) is 64.7 Å². The van der Waals surface area contributed by atoms with E-state index >= 15 is 0 Å². The minimum atomic E-state index is 0.0256. The van der Waals surface area contributed by atoms with Crippen LogP contribution in [0.5, 0.6) is 5.75 Å². The Morgan fingerprint density at radius 1 is 1.27 bits per heavy atom. The van der Waals surface area contributed by atoms with Gasteiger partial charge in [-0.25, -0.2) is 0 Å². The Kier molecular flexibility index (Phi) is 6.53. The van der Waals surface area contributed by atoms with E-state index in [0.29, 0.717) is 6.54 Å². The number of nitrogens with one attached hydrogen (secondary N) is 1. The summed E-state index contributed by atoms with van der Waals surface area (Å²) in [6.07, 6.45) is 1.97. The lowest BCUT2D eigenvalue weighted by atomic mass is 9.96. The first-order valence-electron chi connectivity index (χ1n) is 9.02. The molecule has 1 unspecified atom stereocenters. The number of piperidine rings is 1. The molecule has 3 rings (SSSR count). The van der Waals surface area contributed by atoms with Crippen LogP contribution in [0, 0.1) is 5.92 Å². The molecule has 2 aromatic rings. The molecule has 2 aromatic carbocycles. The standard InChI is InChI=1S/C21H25ClN2O2/c1-26-20-10-3-2-7-17(20)13-23-21(25)18-8-5-11-24(15-18)14-16-6-4-9-19(22)12-16/h2-4,6-7,9-10,12,18H,5,8,11,13-15H2,1H3,(H,23,25). The van der Waals surface area contributed by atoms with Crippen LogP contribution >= 0.6 is 11.6 Å². The topological polar surface area (TPSA) is 41.6 Å². The van der Waals surface area contributed by atoms with Gasteiger partial charge in [0.15, 0.2) is 0 Å². The number of methoxy groups -OCH3 is 1. The zero-order valence-corrected chi connectivity index (χ0v) is 15.8. The quantitative estimate of drug-likeness (QED) is 0.836. The Morgan fingerprint density at radius 2 is 2.12 bits per heavy atom. The third-order valence-corrected chi connectivity index (χ3v) is 5.05. The maximum absolute atomic E-state index is 12.6. The third-order valence-electron chi connectivity index (χ3n) is 4.82. The van der Waals surface area contributed by atoms with Crippen molar-refractivity contribution in [2.45, 2.75) is 25.9 Å². The van der Waals surface area contributed by atoms with Gasteiger partial charge in [0.25, 0.3) is 0 Å². The second-order valence-corrected chi connectivity index (χ2v) is 7.17. The fourth-order valence-electron chi connectivity index (χ4n) is 3.48.